The molecule has 0 spiro atoms. The van der Waals surface area contributed by atoms with Crippen LogP contribution in [0.5, 0.6) is 0 Å². The Morgan fingerprint density at radius 3 is 2.56 bits per heavy atom. The summed E-state index contributed by atoms with van der Waals surface area (Å²) in [6.45, 7) is 5.79. The third kappa shape index (κ3) is 3.24. The van der Waals surface area contributed by atoms with Crippen molar-refractivity contribution in [2.75, 3.05) is 10.6 Å². The molecule has 1 aliphatic rings. The first-order valence-electron chi connectivity index (χ1n) is 10.5. The summed E-state index contributed by atoms with van der Waals surface area (Å²) < 4.78 is 17.0. The quantitative estimate of drug-likeness (QED) is 0.441. The lowest BCUT2D eigenvalue weighted by Crippen LogP contribution is -2.31. The Bertz CT molecular complexity index is 1400. The van der Waals surface area contributed by atoms with Crippen molar-refractivity contribution in [3.63, 3.8) is 0 Å². The third-order valence-electron chi connectivity index (χ3n) is 5.91. The molecule has 0 radical (unpaired) electrons. The fraction of sp³-hybridized carbons (Fsp3) is 0.154. The zero-order chi connectivity index (χ0) is 22.4. The van der Waals surface area contributed by atoms with Crippen molar-refractivity contribution in [2.45, 2.75) is 26.8 Å². The number of carbonyl (C=O) groups is 1. The molecule has 0 saturated heterocycles. The van der Waals surface area contributed by atoms with Gasteiger partial charge in [-0.3, -0.25) is 9.36 Å². The number of nitrogens with one attached hydrogen (secondary N) is 2. The van der Waals surface area contributed by atoms with Gasteiger partial charge in [-0.15, -0.1) is 0 Å². The average molecular weight is 426 g/mol. The number of hydrogen-bond donors (Lipinski definition) is 2. The van der Waals surface area contributed by atoms with E-state index in [9.17, 15) is 4.79 Å². The molecule has 2 heterocycles. The summed E-state index contributed by atoms with van der Waals surface area (Å²) in [5.41, 5.74) is 5.94. The van der Waals surface area contributed by atoms with E-state index in [0.717, 1.165) is 27.8 Å². The van der Waals surface area contributed by atoms with Crippen LogP contribution < -0.4 is 10.6 Å². The molecule has 160 valence electrons. The standard InChI is InChI=1S/C26H23FN4O/c1-15-12-13-20(16(2)14-15)29-25(32)23-17(3)28-26-30-21-10-6-7-11-22(21)31(26)24(23)18-8-4-5-9-19(18)27/h4-14,24H,1-3H3,(H,28,30)(H,29,32)/t24-/m1/s1. The van der Waals surface area contributed by atoms with E-state index in [1.165, 1.54) is 6.07 Å². The van der Waals surface area contributed by atoms with Crippen LogP contribution in [0, 0.1) is 19.7 Å². The number of halogens is 1. The molecule has 1 aromatic heterocycles. The second-order valence-electron chi connectivity index (χ2n) is 8.15. The maximum atomic E-state index is 15.1. The fourth-order valence-corrected chi connectivity index (χ4v) is 4.39. The van der Waals surface area contributed by atoms with Gasteiger partial charge in [0.05, 0.1) is 22.6 Å². The van der Waals surface area contributed by atoms with E-state index in [2.05, 4.69) is 15.6 Å². The normalized spacial score (nSPS) is 15.4. The molecular formula is C26H23FN4O. The first kappa shape index (κ1) is 20.0. The second kappa shape index (κ2) is 7.64. The van der Waals surface area contributed by atoms with Crippen molar-refractivity contribution < 1.29 is 9.18 Å². The van der Waals surface area contributed by atoms with E-state index >= 15 is 4.39 Å². The van der Waals surface area contributed by atoms with E-state index in [-0.39, 0.29) is 11.7 Å². The lowest BCUT2D eigenvalue weighted by atomic mass is 9.93. The maximum absolute atomic E-state index is 15.1. The van der Waals surface area contributed by atoms with Gasteiger partial charge in [0, 0.05) is 16.9 Å². The molecule has 1 atom stereocenters. The molecule has 1 amide bonds. The summed E-state index contributed by atoms with van der Waals surface area (Å²) in [5.74, 6) is -0.0635. The Morgan fingerprint density at radius 1 is 1.03 bits per heavy atom. The van der Waals surface area contributed by atoms with Gasteiger partial charge in [0.25, 0.3) is 5.91 Å². The van der Waals surface area contributed by atoms with Crippen LogP contribution in [0.15, 0.2) is 78.0 Å². The highest BCUT2D eigenvalue weighted by molar-refractivity contribution is 6.06. The van der Waals surface area contributed by atoms with Gasteiger partial charge in [0.2, 0.25) is 5.95 Å². The number of hydrogen-bond acceptors (Lipinski definition) is 3. The molecular weight excluding hydrogens is 403 g/mol. The Labute approximate surface area is 185 Å². The minimum Gasteiger partial charge on any atom is -0.329 e. The number of aryl methyl sites for hydroxylation is 2. The summed E-state index contributed by atoms with van der Waals surface area (Å²) in [7, 11) is 0. The van der Waals surface area contributed by atoms with Crippen molar-refractivity contribution in [1.29, 1.82) is 0 Å². The molecule has 2 N–H and O–H groups in total. The second-order valence-corrected chi connectivity index (χ2v) is 8.15. The van der Waals surface area contributed by atoms with E-state index in [4.69, 9.17) is 0 Å². The number of allylic oxidation sites excluding steroid dienone is 1. The first-order valence-corrected chi connectivity index (χ1v) is 10.5. The van der Waals surface area contributed by atoms with Crippen LogP contribution in [-0.4, -0.2) is 15.5 Å². The molecule has 0 fully saturated rings. The van der Waals surface area contributed by atoms with Crippen LogP contribution in [0.2, 0.25) is 0 Å². The van der Waals surface area contributed by atoms with Crippen molar-refractivity contribution in [3.05, 3.63) is 101 Å². The van der Waals surface area contributed by atoms with E-state index in [1.807, 2.05) is 67.8 Å². The molecule has 0 bridgehead atoms. The predicted molar refractivity (Wildman–Crippen MR) is 125 cm³/mol. The number of nitrogens with zero attached hydrogens (tertiary/aromatic N) is 2. The summed E-state index contributed by atoms with van der Waals surface area (Å²) in [6, 6.07) is 19.5. The summed E-state index contributed by atoms with van der Waals surface area (Å²) in [6.07, 6.45) is 0. The van der Waals surface area contributed by atoms with Gasteiger partial charge >= 0.3 is 0 Å². The number of para-hydroxylation sites is 2. The third-order valence-corrected chi connectivity index (χ3v) is 5.91. The van der Waals surface area contributed by atoms with Crippen LogP contribution >= 0.6 is 0 Å². The minimum absolute atomic E-state index is 0.279. The molecule has 5 nitrogen and oxygen atoms in total. The molecule has 1 aliphatic heterocycles. The van der Waals surface area contributed by atoms with Gasteiger partial charge in [-0.05, 0) is 50.6 Å². The van der Waals surface area contributed by atoms with Gasteiger partial charge in [-0.1, -0.05) is 48.0 Å². The zero-order valence-corrected chi connectivity index (χ0v) is 18.1. The largest absolute Gasteiger partial charge is 0.329 e. The van der Waals surface area contributed by atoms with Gasteiger partial charge in [0.15, 0.2) is 0 Å². The highest BCUT2D eigenvalue weighted by Crippen LogP contribution is 2.40. The zero-order valence-electron chi connectivity index (χ0n) is 18.1. The number of amides is 1. The Kier molecular flexibility index (Phi) is 4.78. The van der Waals surface area contributed by atoms with Gasteiger partial charge in [0.1, 0.15) is 5.82 Å². The first-order chi connectivity index (χ1) is 15.4. The lowest BCUT2D eigenvalue weighted by Gasteiger charge is -2.31. The molecule has 4 aromatic rings. The van der Waals surface area contributed by atoms with Crippen molar-refractivity contribution in [1.82, 2.24) is 9.55 Å². The highest BCUT2D eigenvalue weighted by atomic mass is 19.1. The SMILES string of the molecule is CC1=C(C(=O)Nc2ccc(C)cc2C)[C@@H](c2ccccc2F)n2c(nc3ccccc32)N1. The van der Waals surface area contributed by atoms with Gasteiger partial charge < -0.3 is 10.6 Å². The number of rotatable bonds is 3. The van der Waals surface area contributed by atoms with Gasteiger partial charge in [-0.25, -0.2) is 9.37 Å². The molecule has 6 heteroatoms. The van der Waals surface area contributed by atoms with Crippen molar-refractivity contribution >= 4 is 28.6 Å². The van der Waals surface area contributed by atoms with Crippen LogP contribution in [0.3, 0.4) is 0 Å². The Hall–Kier alpha value is -3.93. The van der Waals surface area contributed by atoms with Crippen molar-refractivity contribution in [3.8, 4) is 0 Å². The molecule has 0 saturated carbocycles. The molecule has 5 rings (SSSR count). The highest BCUT2D eigenvalue weighted by Gasteiger charge is 2.35. The maximum Gasteiger partial charge on any atom is 0.255 e. The van der Waals surface area contributed by atoms with Crippen LogP contribution in [0.25, 0.3) is 11.0 Å². The lowest BCUT2D eigenvalue weighted by molar-refractivity contribution is -0.113. The Morgan fingerprint density at radius 2 is 1.78 bits per heavy atom. The molecule has 32 heavy (non-hydrogen) atoms. The van der Waals surface area contributed by atoms with E-state index < -0.39 is 6.04 Å². The van der Waals surface area contributed by atoms with Crippen LogP contribution in [-0.2, 0) is 4.79 Å². The number of aromatic nitrogens is 2. The summed E-state index contributed by atoms with van der Waals surface area (Å²) >= 11 is 0. The van der Waals surface area contributed by atoms with E-state index in [0.29, 0.717) is 22.8 Å². The fourth-order valence-electron chi connectivity index (χ4n) is 4.39. The Balaban J connectivity index is 1.68. The summed E-state index contributed by atoms with van der Waals surface area (Å²) in [4.78, 5) is 18.3. The number of anilines is 2. The molecule has 3 aromatic carbocycles. The number of imidazole rings is 1. The predicted octanol–water partition coefficient (Wildman–Crippen LogP) is 5.72. The van der Waals surface area contributed by atoms with Gasteiger partial charge in [-0.2, -0.15) is 0 Å². The average Bonchev–Trinajstić information content (AvgIpc) is 3.13. The van der Waals surface area contributed by atoms with Crippen molar-refractivity contribution in [2.24, 2.45) is 0 Å². The molecule has 0 aliphatic carbocycles. The topological polar surface area (TPSA) is 59.0 Å². The number of fused-ring (bicyclic) bond motifs is 3. The van der Waals surface area contributed by atoms with E-state index in [1.54, 1.807) is 18.2 Å². The molecule has 0 unspecified atom stereocenters. The summed E-state index contributed by atoms with van der Waals surface area (Å²) in [5, 5.41) is 6.29. The van der Waals surface area contributed by atoms with Crippen LogP contribution in [0.4, 0.5) is 16.0 Å². The van der Waals surface area contributed by atoms with Crippen LogP contribution in [0.1, 0.15) is 29.7 Å². The smallest absolute Gasteiger partial charge is 0.255 e. The number of carbonyl (C=O) groups excluding carboxylic acids is 1. The minimum atomic E-state index is -0.661. The monoisotopic (exact) mass is 426 g/mol. The number of benzene rings is 3.